The fraction of sp³-hybridized carbons (Fsp3) is 0.800. The van der Waals surface area contributed by atoms with Crippen LogP contribution in [0, 0.1) is 0 Å². The van der Waals surface area contributed by atoms with Gasteiger partial charge in [-0.25, -0.2) is 0 Å². The lowest BCUT2D eigenvalue weighted by molar-refractivity contribution is 0.200. The van der Waals surface area contributed by atoms with Gasteiger partial charge >= 0.3 is 0 Å². The predicted octanol–water partition coefficient (Wildman–Crippen LogP) is 0.947. The molecule has 3 heteroatoms. The van der Waals surface area contributed by atoms with E-state index in [0.717, 1.165) is 0 Å². The van der Waals surface area contributed by atoms with Crippen LogP contribution in [0.3, 0.4) is 0 Å². The fourth-order valence-electron chi connectivity index (χ4n) is 1.51. The molecule has 0 aliphatic carbocycles. The minimum Gasteiger partial charge on any atom is -0.297 e. The van der Waals surface area contributed by atoms with Crippen LogP contribution in [0.25, 0.3) is 0 Å². The van der Waals surface area contributed by atoms with Gasteiger partial charge < -0.3 is 0 Å². The average Bonchev–Trinajstić information content (AvgIpc) is 2.02. The molecule has 0 atom stereocenters. The van der Waals surface area contributed by atoms with Gasteiger partial charge in [0.1, 0.15) is 0 Å². The maximum Gasteiger partial charge on any atom is 0.0629 e. The highest BCUT2D eigenvalue weighted by Gasteiger charge is 2.11. The molecule has 0 aromatic carbocycles. The van der Waals surface area contributed by atoms with E-state index < -0.39 is 0 Å². The minimum atomic E-state index is -0.0249. The second-order valence-electron chi connectivity index (χ2n) is 3.86. The Balaban J connectivity index is 3.76. The molecule has 0 bridgehead atoms. The molecule has 0 aliphatic rings. The summed E-state index contributed by atoms with van der Waals surface area (Å²) < 4.78 is 0. The maximum atomic E-state index is 2.34. The van der Waals surface area contributed by atoms with E-state index in [9.17, 15) is 0 Å². The van der Waals surface area contributed by atoms with Gasteiger partial charge in [0, 0.05) is 5.79 Å². The summed E-state index contributed by atoms with van der Waals surface area (Å²) in [7, 11) is 8.65. The van der Waals surface area contributed by atoms with Crippen LogP contribution in [0.4, 0.5) is 0 Å². The Bertz CT molecular complexity index is 136. The van der Waals surface area contributed by atoms with Crippen LogP contribution < -0.4 is 0 Å². The highest BCUT2D eigenvalue weighted by atomic mass is 28.2. The molecular weight excluding hydrogens is 176 g/mol. The van der Waals surface area contributed by atoms with Crippen LogP contribution in [0.5, 0.6) is 0 Å². The molecule has 0 spiro atoms. The Labute approximate surface area is 85.4 Å². The smallest absolute Gasteiger partial charge is 0.0629 e. The largest absolute Gasteiger partial charge is 0.297 e. The molecule has 0 aromatic heterocycles. The lowest BCUT2D eigenvalue weighted by Gasteiger charge is -2.30. The quantitative estimate of drug-likeness (QED) is 0.358. The molecular formula is C10H24N2Si. The van der Waals surface area contributed by atoms with E-state index in [0.29, 0.717) is 5.79 Å². The van der Waals surface area contributed by atoms with E-state index in [1.54, 1.807) is 0 Å². The van der Waals surface area contributed by atoms with Crippen molar-refractivity contribution in [1.82, 2.24) is 9.80 Å². The van der Waals surface area contributed by atoms with Crippen molar-refractivity contribution in [2.75, 3.05) is 28.2 Å². The lowest BCUT2D eigenvalue weighted by atomic mass is 10.4. The van der Waals surface area contributed by atoms with Gasteiger partial charge in [0.15, 0.2) is 0 Å². The number of rotatable bonds is 6. The van der Waals surface area contributed by atoms with E-state index >= 15 is 0 Å². The van der Waals surface area contributed by atoms with Crippen molar-refractivity contribution < 1.29 is 0 Å². The molecule has 0 aromatic rings. The molecule has 0 unspecified atom stereocenters. The van der Waals surface area contributed by atoms with Crippen molar-refractivity contribution in [3.05, 3.63) is 12.2 Å². The summed E-state index contributed by atoms with van der Waals surface area (Å²) in [5, 5.41) is 0. The van der Waals surface area contributed by atoms with Gasteiger partial charge in [0.2, 0.25) is 0 Å². The van der Waals surface area contributed by atoms with E-state index in [4.69, 9.17) is 0 Å². The van der Waals surface area contributed by atoms with Crippen molar-refractivity contribution >= 4 is 9.52 Å². The molecule has 78 valence electrons. The SMILES string of the molecule is CCC=CC[SiH2]C(N(C)C)N(C)C. The topological polar surface area (TPSA) is 6.48 Å². The van der Waals surface area contributed by atoms with E-state index in [1.807, 2.05) is 0 Å². The minimum absolute atomic E-state index is 0.0249. The zero-order valence-electron chi connectivity index (χ0n) is 9.75. The van der Waals surface area contributed by atoms with Gasteiger partial charge in [-0.2, -0.15) is 0 Å². The molecule has 13 heavy (non-hydrogen) atoms. The van der Waals surface area contributed by atoms with Gasteiger partial charge in [0.05, 0.1) is 9.52 Å². The summed E-state index contributed by atoms with van der Waals surface area (Å²) >= 11 is 0. The summed E-state index contributed by atoms with van der Waals surface area (Å²) in [5.41, 5.74) is 0. The van der Waals surface area contributed by atoms with Crippen molar-refractivity contribution in [2.45, 2.75) is 25.2 Å². The molecule has 0 rings (SSSR count). The second-order valence-corrected chi connectivity index (χ2v) is 5.75. The first-order valence-corrected chi connectivity index (χ1v) is 6.89. The third-order valence-corrected chi connectivity index (χ3v) is 4.83. The van der Waals surface area contributed by atoms with Gasteiger partial charge in [-0.05, 0) is 40.7 Å². The highest BCUT2D eigenvalue weighted by molar-refractivity contribution is 6.38. The zero-order valence-corrected chi connectivity index (χ0v) is 11.2. The van der Waals surface area contributed by atoms with Crippen LogP contribution in [0.1, 0.15) is 13.3 Å². The average molecular weight is 200 g/mol. The third kappa shape index (κ3) is 6.02. The monoisotopic (exact) mass is 200 g/mol. The van der Waals surface area contributed by atoms with Crippen molar-refractivity contribution in [3.8, 4) is 0 Å². The van der Waals surface area contributed by atoms with E-state index in [1.165, 1.54) is 12.5 Å². The first-order valence-electron chi connectivity index (χ1n) is 5.07. The molecule has 0 radical (unpaired) electrons. The van der Waals surface area contributed by atoms with Crippen molar-refractivity contribution in [2.24, 2.45) is 0 Å². The Morgan fingerprint density at radius 2 is 1.62 bits per heavy atom. The first-order chi connectivity index (χ1) is 6.09. The van der Waals surface area contributed by atoms with Gasteiger partial charge in [-0.3, -0.25) is 9.80 Å². The molecule has 0 heterocycles. The molecule has 0 aliphatic heterocycles. The molecule has 2 nitrogen and oxygen atoms in total. The standard InChI is InChI=1S/C10H24N2Si/c1-6-7-8-9-13-10(11(2)3)12(4)5/h7-8,10H,6,9,13H2,1-5H3. The molecule has 0 fully saturated rings. The lowest BCUT2D eigenvalue weighted by Crippen LogP contribution is -2.44. The van der Waals surface area contributed by atoms with Crippen LogP contribution in [0.2, 0.25) is 6.04 Å². The van der Waals surface area contributed by atoms with E-state index in [-0.39, 0.29) is 9.52 Å². The van der Waals surface area contributed by atoms with Crippen molar-refractivity contribution in [1.29, 1.82) is 0 Å². The molecule has 0 amide bonds. The Morgan fingerprint density at radius 3 is 2.00 bits per heavy atom. The number of allylic oxidation sites excluding steroid dienone is 2. The number of nitrogens with zero attached hydrogens (tertiary/aromatic N) is 2. The summed E-state index contributed by atoms with van der Waals surface area (Å²) in [5.74, 6) is 0.696. The van der Waals surface area contributed by atoms with Crippen LogP contribution in [0.15, 0.2) is 12.2 Å². The fourth-order valence-corrected chi connectivity index (χ4v) is 3.27. The second kappa shape index (κ2) is 7.30. The number of hydrogen-bond acceptors (Lipinski definition) is 2. The summed E-state index contributed by atoms with van der Waals surface area (Å²) in [6.07, 6.45) is 5.78. The van der Waals surface area contributed by atoms with E-state index in [2.05, 4.69) is 57.1 Å². The molecule has 0 N–H and O–H groups in total. The van der Waals surface area contributed by atoms with Gasteiger partial charge in [-0.15, -0.1) is 0 Å². The van der Waals surface area contributed by atoms with Gasteiger partial charge in [-0.1, -0.05) is 19.1 Å². The van der Waals surface area contributed by atoms with Gasteiger partial charge in [0.25, 0.3) is 0 Å². The van der Waals surface area contributed by atoms with Crippen molar-refractivity contribution in [3.63, 3.8) is 0 Å². The summed E-state index contributed by atoms with van der Waals surface area (Å²) in [6.45, 7) is 2.19. The molecule has 0 saturated heterocycles. The summed E-state index contributed by atoms with van der Waals surface area (Å²) in [6, 6.07) is 1.31. The zero-order chi connectivity index (χ0) is 10.3. The third-order valence-electron chi connectivity index (χ3n) is 2.19. The first kappa shape index (κ1) is 12.9. The number of hydrogen-bond donors (Lipinski definition) is 0. The maximum absolute atomic E-state index is 2.34. The predicted molar refractivity (Wildman–Crippen MR) is 63.9 cm³/mol. The summed E-state index contributed by atoms with van der Waals surface area (Å²) in [4.78, 5) is 4.65. The Kier molecular flexibility index (Phi) is 7.23. The van der Waals surface area contributed by atoms with Crippen LogP contribution in [-0.2, 0) is 0 Å². The van der Waals surface area contributed by atoms with Crippen LogP contribution >= 0.6 is 0 Å². The Morgan fingerprint density at radius 1 is 1.08 bits per heavy atom. The van der Waals surface area contributed by atoms with Crippen LogP contribution in [-0.4, -0.2) is 53.3 Å². The molecule has 0 saturated carbocycles. The Hall–Kier alpha value is -0.123. The highest BCUT2D eigenvalue weighted by Crippen LogP contribution is 1.98. The normalized spacial score (nSPS) is 13.5.